The number of fused-ring (bicyclic) bond motifs is 3. The van der Waals surface area contributed by atoms with Gasteiger partial charge in [0.2, 0.25) is 0 Å². The molecule has 3 aliphatic rings. The second kappa shape index (κ2) is 10.8. The molecule has 0 saturated carbocycles. The van der Waals surface area contributed by atoms with E-state index in [0.717, 1.165) is 60.5 Å². The second-order valence-corrected chi connectivity index (χ2v) is 11.1. The zero-order valence-electron chi connectivity index (χ0n) is 23.3. The number of hydrogen-bond donors (Lipinski definition) is 2. The van der Waals surface area contributed by atoms with Crippen LogP contribution in [0.5, 0.6) is 11.5 Å². The van der Waals surface area contributed by atoms with Gasteiger partial charge in [-0.2, -0.15) is 0 Å². The monoisotopic (exact) mass is 540 g/mol. The summed E-state index contributed by atoms with van der Waals surface area (Å²) >= 11 is 0. The van der Waals surface area contributed by atoms with Crippen LogP contribution in [0.2, 0.25) is 0 Å². The Kier molecular flexibility index (Phi) is 7.09. The molecule has 208 valence electrons. The number of rotatable bonds is 7. The lowest BCUT2D eigenvalue weighted by atomic mass is 9.96. The topological polar surface area (TPSA) is 92.8 Å². The van der Waals surface area contributed by atoms with E-state index in [0.29, 0.717) is 29.8 Å². The van der Waals surface area contributed by atoms with Crippen molar-refractivity contribution in [3.63, 3.8) is 0 Å². The van der Waals surface area contributed by atoms with E-state index in [-0.39, 0.29) is 23.9 Å². The number of nitrogens with one attached hydrogen (secondary N) is 2. The highest BCUT2D eigenvalue weighted by Crippen LogP contribution is 2.39. The molecule has 4 atom stereocenters. The number of piperidine rings is 1. The van der Waals surface area contributed by atoms with Crippen molar-refractivity contribution in [1.82, 2.24) is 15.6 Å². The molecule has 6 rings (SSSR count). The van der Waals surface area contributed by atoms with Crippen LogP contribution in [0.1, 0.15) is 76.1 Å². The van der Waals surface area contributed by atoms with Crippen LogP contribution in [-0.4, -0.2) is 48.6 Å². The van der Waals surface area contributed by atoms with Gasteiger partial charge in [-0.3, -0.25) is 9.59 Å². The fraction of sp³-hybridized carbons (Fsp3) is 0.406. The lowest BCUT2D eigenvalue weighted by Gasteiger charge is -2.40. The van der Waals surface area contributed by atoms with Crippen LogP contribution < -0.4 is 25.0 Å². The summed E-state index contributed by atoms with van der Waals surface area (Å²) in [7, 11) is 1.63. The first-order chi connectivity index (χ1) is 19.4. The molecule has 2 amide bonds. The first kappa shape index (κ1) is 26.2. The summed E-state index contributed by atoms with van der Waals surface area (Å²) < 4.78 is 11.1. The molecule has 3 aromatic rings. The van der Waals surface area contributed by atoms with E-state index in [1.807, 2.05) is 62.4 Å². The van der Waals surface area contributed by atoms with Gasteiger partial charge in [0.1, 0.15) is 17.3 Å². The number of amides is 2. The molecular weight excluding hydrogens is 504 g/mol. The molecule has 8 heteroatoms. The summed E-state index contributed by atoms with van der Waals surface area (Å²) in [6, 6.07) is 16.0. The quantitative estimate of drug-likeness (QED) is 0.449. The van der Waals surface area contributed by atoms with Gasteiger partial charge < -0.3 is 25.0 Å². The molecule has 2 aromatic carbocycles. The molecule has 3 aliphatic heterocycles. The Morgan fingerprint density at radius 1 is 1.07 bits per heavy atom. The number of methoxy groups -OCH3 is 1. The predicted octanol–water partition coefficient (Wildman–Crippen LogP) is 4.75. The van der Waals surface area contributed by atoms with Gasteiger partial charge in [0.25, 0.3) is 11.8 Å². The Morgan fingerprint density at radius 3 is 2.60 bits per heavy atom. The van der Waals surface area contributed by atoms with Crippen molar-refractivity contribution in [3.05, 3.63) is 82.5 Å². The van der Waals surface area contributed by atoms with Crippen LogP contribution in [0, 0.1) is 6.92 Å². The first-order valence-electron chi connectivity index (χ1n) is 14.2. The smallest absolute Gasteiger partial charge is 0.253 e. The highest BCUT2D eigenvalue weighted by atomic mass is 16.5. The molecule has 2 fully saturated rings. The maximum absolute atomic E-state index is 13.2. The van der Waals surface area contributed by atoms with Gasteiger partial charge in [-0.1, -0.05) is 18.2 Å². The molecule has 2 bridgehead atoms. The number of carbonyl (C=O) groups is 2. The molecule has 1 aromatic heterocycles. The number of anilines is 1. The van der Waals surface area contributed by atoms with E-state index in [2.05, 4.69) is 15.5 Å². The molecule has 0 aliphatic carbocycles. The SMILES string of the molecule is COc1cccc([C@H](C)NC(=O)c2ccc(N3[C@@H]4CC[C@H]3CC(NC(=O)c3ccc5c(c3C)OCC5)C4)nc2)c1. The fourth-order valence-corrected chi connectivity index (χ4v) is 6.53. The highest BCUT2D eigenvalue weighted by molar-refractivity contribution is 5.97. The second-order valence-electron chi connectivity index (χ2n) is 11.1. The lowest BCUT2D eigenvalue weighted by Crippen LogP contribution is -2.50. The molecule has 2 N–H and O–H groups in total. The van der Waals surface area contributed by atoms with Crippen molar-refractivity contribution in [3.8, 4) is 11.5 Å². The van der Waals surface area contributed by atoms with Crippen LogP contribution >= 0.6 is 0 Å². The number of nitrogens with zero attached hydrogens (tertiary/aromatic N) is 2. The zero-order valence-corrected chi connectivity index (χ0v) is 23.3. The molecule has 0 spiro atoms. The fourth-order valence-electron chi connectivity index (χ4n) is 6.53. The van der Waals surface area contributed by atoms with Gasteiger partial charge in [-0.15, -0.1) is 0 Å². The van der Waals surface area contributed by atoms with E-state index in [9.17, 15) is 9.59 Å². The third-order valence-corrected chi connectivity index (χ3v) is 8.63. The molecular formula is C32H36N4O4. The van der Waals surface area contributed by atoms with Gasteiger partial charge in [0, 0.05) is 41.9 Å². The van der Waals surface area contributed by atoms with Crippen molar-refractivity contribution in [1.29, 1.82) is 0 Å². The molecule has 40 heavy (non-hydrogen) atoms. The van der Waals surface area contributed by atoms with E-state index in [4.69, 9.17) is 14.5 Å². The Morgan fingerprint density at radius 2 is 1.88 bits per heavy atom. The highest BCUT2D eigenvalue weighted by Gasteiger charge is 2.42. The standard InChI is InChI=1S/C32H36N4O4/c1-19-28(11-7-21-13-14-40-30(19)21)32(38)35-24-16-25-9-10-26(17-24)36(25)29-12-8-23(18-33-29)31(37)34-20(2)22-5-4-6-27(15-22)39-3/h4-8,11-12,15,18,20,24-26H,9-10,13-14,16-17H2,1-3H3,(H,34,37)(H,35,38)/t20-,24?,25-,26+/m0/s1. The summed E-state index contributed by atoms with van der Waals surface area (Å²) in [5.74, 6) is 2.34. The van der Waals surface area contributed by atoms with E-state index in [1.165, 1.54) is 5.56 Å². The lowest BCUT2D eigenvalue weighted by molar-refractivity contribution is 0.0922. The maximum Gasteiger partial charge on any atom is 0.253 e. The Labute approximate surface area is 235 Å². The number of benzene rings is 2. The van der Waals surface area contributed by atoms with Gasteiger partial charge in [-0.05, 0) is 81.0 Å². The van der Waals surface area contributed by atoms with Crippen molar-refractivity contribution < 1.29 is 19.1 Å². The minimum Gasteiger partial charge on any atom is -0.497 e. The normalized spacial score (nSPS) is 21.8. The number of carbonyl (C=O) groups excluding carboxylic acids is 2. The molecule has 1 unspecified atom stereocenters. The molecule has 8 nitrogen and oxygen atoms in total. The van der Waals surface area contributed by atoms with Crippen molar-refractivity contribution in [2.45, 2.75) is 70.1 Å². The van der Waals surface area contributed by atoms with Gasteiger partial charge in [0.05, 0.1) is 25.3 Å². The third kappa shape index (κ3) is 4.98. The van der Waals surface area contributed by atoms with E-state index < -0.39 is 0 Å². The number of ether oxygens (including phenoxy) is 2. The first-order valence-corrected chi connectivity index (χ1v) is 14.2. The van der Waals surface area contributed by atoms with E-state index in [1.54, 1.807) is 13.3 Å². The van der Waals surface area contributed by atoms with Crippen LogP contribution in [0.4, 0.5) is 5.82 Å². The summed E-state index contributed by atoms with van der Waals surface area (Å²) in [6.45, 7) is 4.61. The minimum atomic E-state index is -0.166. The average molecular weight is 541 g/mol. The van der Waals surface area contributed by atoms with Gasteiger partial charge in [-0.25, -0.2) is 4.98 Å². The number of aromatic nitrogens is 1. The Hall–Kier alpha value is -4.07. The summed E-state index contributed by atoms with van der Waals surface area (Å²) in [4.78, 5) is 33.2. The van der Waals surface area contributed by atoms with E-state index >= 15 is 0 Å². The maximum atomic E-state index is 13.2. The molecule has 0 radical (unpaired) electrons. The van der Waals surface area contributed by atoms with Crippen molar-refractivity contribution >= 4 is 17.6 Å². The molecule has 2 saturated heterocycles. The van der Waals surface area contributed by atoms with Crippen molar-refractivity contribution in [2.75, 3.05) is 18.6 Å². The van der Waals surface area contributed by atoms with Crippen LogP contribution in [0.15, 0.2) is 54.7 Å². The van der Waals surface area contributed by atoms with Crippen LogP contribution in [-0.2, 0) is 6.42 Å². The number of hydrogen-bond acceptors (Lipinski definition) is 6. The third-order valence-electron chi connectivity index (χ3n) is 8.63. The minimum absolute atomic E-state index is 0.0229. The molecule has 4 heterocycles. The largest absolute Gasteiger partial charge is 0.497 e. The number of pyridine rings is 1. The van der Waals surface area contributed by atoms with Crippen molar-refractivity contribution in [2.24, 2.45) is 0 Å². The van der Waals surface area contributed by atoms with Crippen LogP contribution in [0.3, 0.4) is 0 Å². The summed E-state index contributed by atoms with van der Waals surface area (Å²) in [6.07, 6.45) is 6.47. The van der Waals surface area contributed by atoms with Gasteiger partial charge >= 0.3 is 0 Å². The predicted molar refractivity (Wildman–Crippen MR) is 153 cm³/mol. The average Bonchev–Trinajstić information content (AvgIpc) is 3.56. The summed E-state index contributed by atoms with van der Waals surface area (Å²) in [5.41, 5.74) is 4.32. The summed E-state index contributed by atoms with van der Waals surface area (Å²) in [5, 5.41) is 6.35. The van der Waals surface area contributed by atoms with Crippen LogP contribution in [0.25, 0.3) is 0 Å². The zero-order chi connectivity index (χ0) is 27.8. The Bertz CT molecular complexity index is 1410. The Balaban J connectivity index is 1.08. The van der Waals surface area contributed by atoms with Gasteiger partial charge in [0.15, 0.2) is 0 Å².